The Balaban J connectivity index is 1.80. The van der Waals surface area contributed by atoms with Crippen molar-refractivity contribution < 1.29 is 23.1 Å². The molecule has 0 radical (unpaired) electrons. The number of hydrogen-bond donors (Lipinski definition) is 0. The number of likely N-dealkylation sites (tertiary alicyclic amines) is 1. The molecule has 130 valence electrons. The molecule has 1 atom stereocenters. The zero-order valence-electron chi connectivity index (χ0n) is 13.3. The first-order valence-corrected chi connectivity index (χ1v) is 8.20. The molecular formula is C17H20F2N2O3. The van der Waals surface area contributed by atoms with Crippen molar-refractivity contribution >= 4 is 11.8 Å². The predicted octanol–water partition coefficient (Wildman–Crippen LogP) is 1.82. The van der Waals surface area contributed by atoms with Gasteiger partial charge in [-0.3, -0.25) is 9.59 Å². The third-order valence-corrected chi connectivity index (χ3v) is 4.48. The van der Waals surface area contributed by atoms with Crippen LogP contribution in [0.15, 0.2) is 18.2 Å². The largest absolute Gasteiger partial charge is 0.378 e. The lowest BCUT2D eigenvalue weighted by Gasteiger charge is -2.38. The predicted molar refractivity (Wildman–Crippen MR) is 82.4 cm³/mol. The molecule has 0 spiro atoms. The second kappa shape index (κ2) is 7.25. The summed E-state index contributed by atoms with van der Waals surface area (Å²) in [6, 6.07) is 2.17. The standard InChI is InChI=1S/C17H20F2N2O3/c18-13-9-12(10-14(19)11-13)16(22)21-4-2-1-3-15(21)17(23)20-5-7-24-8-6-20/h9-11,15H,1-8H2. The van der Waals surface area contributed by atoms with Crippen molar-refractivity contribution in [2.24, 2.45) is 0 Å². The molecule has 2 aliphatic heterocycles. The van der Waals surface area contributed by atoms with Gasteiger partial charge < -0.3 is 14.5 Å². The molecule has 2 amide bonds. The van der Waals surface area contributed by atoms with Gasteiger partial charge in [0.1, 0.15) is 17.7 Å². The molecule has 2 saturated heterocycles. The molecule has 2 fully saturated rings. The van der Waals surface area contributed by atoms with Gasteiger partial charge in [-0.1, -0.05) is 0 Å². The number of ether oxygens (including phenoxy) is 1. The molecule has 7 heteroatoms. The third-order valence-electron chi connectivity index (χ3n) is 4.48. The summed E-state index contributed by atoms with van der Waals surface area (Å²) in [6.07, 6.45) is 2.19. The summed E-state index contributed by atoms with van der Waals surface area (Å²) in [5.41, 5.74) is -0.0609. The Hall–Kier alpha value is -2.02. The van der Waals surface area contributed by atoms with Crippen molar-refractivity contribution in [3.63, 3.8) is 0 Å². The van der Waals surface area contributed by atoms with Crippen LogP contribution in [0.2, 0.25) is 0 Å². The first kappa shape index (κ1) is 16.8. The van der Waals surface area contributed by atoms with E-state index in [0.717, 1.165) is 31.0 Å². The fourth-order valence-electron chi connectivity index (χ4n) is 3.27. The average Bonchev–Trinajstić information content (AvgIpc) is 2.60. The minimum Gasteiger partial charge on any atom is -0.378 e. The van der Waals surface area contributed by atoms with Crippen LogP contribution in [-0.4, -0.2) is 60.5 Å². The van der Waals surface area contributed by atoms with E-state index in [4.69, 9.17) is 4.74 Å². The maximum Gasteiger partial charge on any atom is 0.254 e. The van der Waals surface area contributed by atoms with Gasteiger partial charge in [-0.15, -0.1) is 0 Å². The lowest BCUT2D eigenvalue weighted by Crippen LogP contribution is -2.55. The van der Waals surface area contributed by atoms with Gasteiger partial charge in [-0.05, 0) is 31.4 Å². The Morgan fingerprint density at radius 2 is 1.67 bits per heavy atom. The maximum absolute atomic E-state index is 13.4. The first-order chi connectivity index (χ1) is 11.6. The van der Waals surface area contributed by atoms with Crippen LogP contribution in [0.25, 0.3) is 0 Å². The Morgan fingerprint density at radius 1 is 1.00 bits per heavy atom. The molecule has 1 aromatic carbocycles. The molecule has 0 N–H and O–H groups in total. The highest BCUT2D eigenvalue weighted by Gasteiger charge is 2.35. The van der Waals surface area contributed by atoms with Crippen molar-refractivity contribution in [2.45, 2.75) is 25.3 Å². The summed E-state index contributed by atoms with van der Waals surface area (Å²) < 4.78 is 32.1. The molecule has 24 heavy (non-hydrogen) atoms. The fraction of sp³-hybridized carbons (Fsp3) is 0.529. The minimum atomic E-state index is -0.800. The zero-order chi connectivity index (χ0) is 17.1. The minimum absolute atomic E-state index is 0.0609. The van der Waals surface area contributed by atoms with Gasteiger partial charge in [0.05, 0.1) is 13.2 Å². The Bertz CT molecular complexity index is 612. The number of piperidine rings is 1. The molecule has 5 nitrogen and oxygen atoms in total. The van der Waals surface area contributed by atoms with Crippen LogP contribution in [-0.2, 0) is 9.53 Å². The number of morpholine rings is 1. The van der Waals surface area contributed by atoms with Crippen molar-refractivity contribution in [3.8, 4) is 0 Å². The second-order valence-electron chi connectivity index (χ2n) is 6.11. The van der Waals surface area contributed by atoms with Crippen LogP contribution in [0.3, 0.4) is 0 Å². The van der Waals surface area contributed by atoms with Crippen molar-refractivity contribution in [1.82, 2.24) is 9.80 Å². The number of nitrogens with zero attached hydrogens (tertiary/aromatic N) is 2. The van der Waals surface area contributed by atoms with Gasteiger partial charge in [0.25, 0.3) is 5.91 Å². The second-order valence-corrected chi connectivity index (χ2v) is 6.11. The quantitative estimate of drug-likeness (QED) is 0.826. The van der Waals surface area contributed by atoms with Gasteiger partial charge in [0.15, 0.2) is 0 Å². The van der Waals surface area contributed by atoms with Gasteiger partial charge in [-0.25, -0.2) is 8.78 Å². The fourth-order valence-corrected chi connectivity index (χ4v) is 3.27. The van der Waals surface area contributed by atoms with Crippen molar-refractivity contribution in [1.29, 1.82) is 0 Å². The van der Waals surface area contributed by atoms with Crippen LogP contribution in [0, 0.1) is 11.6 Å². The van der Waals surface area contributed by atoms with Crippen molar-refractivity contribution in [3.05, 3.63) is 35.4 Å². The topological polar surface area (TPSA) is 49.9 Å². The van der Waals surface area contributed by atoms with E-state index in [1.54, 1.807) is 4.90 Å². The van der Waals surface area contributed by atoms with E-state index in [0.29, 0.717) is 39.3 Å². The normalized spacial score (nSPS) is 21.7. The molecule has 1 unspecified atom stereocenters. The first-order valence-electron chi connectivity index (χ1n) is 8.20. The lowest BCUT2D eigenvalue weighted by molar-refractivity contribution is -0.141. The Kier molecular flexibility index (Phi) is 5.08. The number of hydrogen-bond acceptors (Lipinski definition) is 3. The van der Waals surface area contributed by atoms with E-state index in [2.05, 4.69) is 0 Å². The summed E-state index contributed by atoms with van der Waals surface area (Å²) in [7, 11) is 0. The highest BCUT2D eigenvalue weighted by Crippen LogP contribution is 2.22. The van der Waals surface area contributed by atoms with Gasteiger partial charge >= 0.3 is 0 Å². The molecule has 0 bridgehead atoms. The molecule has 2 heterocycles. The van der Waals surface area contributed by atoms with E-state index < -0.39 is 23.6 Å². The zero-order valence-corrected chi connectivity index (χ0v) is 13.3. The van der Waals surface area contributed by atoms with Crippen LogP contribution >= 0.6 is 0 Å². The Labute approximate surface area is 139 Å². The van der Waals surface area contributed by atoms with Crippen LogP contribution < -0.4 is 0 Å². The van der Waals surface area contributed by atoms with E-state index in [9.17, 15) is 18.4 Å². The van der Waals surface area contributed by atoms with E-state index in [1.165, 1.54) is 4.90 Å². The molecule has 0 aliphatic carbocycles. The number of amides is 2. The smallest absolute Gasteiger partial charge is 0.254 e. The monoisotopic (exact) mass is 338 g/mol. The average molecular weight is 338 g/mol. The van der Waals surface area contributed by atoms with Crippen LogP contribution in [0.1, 0.15) is 29.6 Å². The summed E-state index contributed by atoms with van der Waals surface area (Å²) in [5, 5.41) is 0. The molecule has 3 rings (SSSR count). The van der Waals surface area contributed by atoms with E-state index in [-0.39, 0.29) is 11.5 Å². The summed E-state index contributed by atoms with van der Waals surface area (Å²) in [4.78, 5) is 28.6. The van der Waals surface area contributed by atoms with Gasteiger partial charge in [0.2, 0.25) is 5.91 Å². The summed E-state index contributed by atoms with van der Waals surface area (Å²) in [5.74, 6) is -2.21. The summed E-state index contributed by atoms with van der Waals surface area (Å²) >= 11 is 0. The van der Waals surface area contributed by atoms with E-state index in [1.807, 2.05) is 0 Å². The Morgan fingerprint density at radius 3 is 2.33 bits per heavy atom. The molecule has 0 aromatic heterocycles. The molecule has 1 aromatic rings. The summed E-state index contributed by atoms with van der Waals surface area (Å²) in [6.45, 7) is 2.40. The number of benzene rings is 1. The van der Waals surface area contributed by atoms with E-state index >= 15 is 0 Å². The third kappa shape index (κ3) is 3.56. The highest BCUT2D eigenvalue weighted by atomic mass is 19.1. The number of rotatable bonds is 2. The number of carbonyl (C=O) groups excluding carboxylic acids is 2. The van der Waals surface area contributed by atoms with Gasteiger partial charge in [0, 0.05) is 31.3 Å². The SMILES string of the molecule is O=C(C1CCCCN1C(=O)c1cc(F)cc(F)c1)N1CCOCC1. The number of carbonyl (C=O) groups is 2. The maximum atomic E-state index is 13.4. The molecule has 0 saturated carbocycles. The molecular weight excluding hydrogens is 318 g/mol. The van der Waals surface area contributed by atoms with Crippen molar-refractivity contribution in [2.75, 3.05) is 32.8 Å². The highest BCUT2D eigenvalue weighted by molar-refractivity contribution is 5.97. The molecule has 2 aliphatic rings. The van der Waals surface area contributed by atoms with Crippen LogP contribution in [0.4, 0.5) is 8.78 Å². The number of halogens is 2. The van der Waals surface area contributed by atoms with Gasteiger partial charge in [-0.2, -0.15) is 0 Å². The van der Waals surface area contributed by atoms with Crippen LogP contribution in [0.5, 0.6) is 0 Å². The lowest BCUT2D eigenvalue weighted by atomic mass is 9.99.